The number of halogens is 3. The van der Waals surface area contributed by atoms with Crippen LogP contribution in [0.15, 0.2) is 24.3 Å². The van der Waals surface area contributed by atoms with Crippen LogP contribution in [-0.4, -0.2) is 23.5 Å². The second kappa shape index (κ2) is 7.68. The average Bonchev–Trinajstić information content (AvgIpc) is 2.46. The molecular formula is C17H22F3NO3. The van der Waals surface area contributed by atoms with Crippen LogP contribution in [-0.2, 0) is 15.8 Å². The predicted molar refractivity (Wildman–Crippen MR) is 83.5 cm³/mol. The van der Waals surface area contributed by atoms with E-state index in [1.54, 1.807) is 20.8 Å². The van der Waals surface area contributed by atoms with E-state index in [4.69, 9.17) is 5.11 Å². The summed E-state index contributed by atoms with van der Waals surface area (Å²) in [4.78, 5) is 22.8. The van der Waals surface area contributed by atoms with Crippen molar-refractivity contribution < 1.29 is 27.9 Å². The van der Waals surface area contributed by atoms with Gasteiger partial charge in [0.2, 0.25) is 5.91 Å². The molecule has 0 aliphatic rings. The molecule has 7 heteroatoms. The molecule has 1 unspecified atom stereocenters. The van der Waals surface area contributed by atoms with Gasteiger partial charge in [0.25, 0.3) is 0 Å². The lowest BCUT2D eigenvalue weighted by Gasteiger charge is -2.19. The minimum absolute atomic E-state index is 0.124. The zero-order valence-electron chi connectivity index (χ0n) is 13.9. The Morgan fingerprint density at radius 2 is 1.71 bits per heavy atom. The lowest BCUT2D eigenvalue weighted by Crippen LogP contribution is -2.32. The van der Waals surface area contributed by atoms with Gasteiger partial charge in [-0.25, -0.2) is 0 Å². The Hall–Kier alpha value is -2.05. The highest BCUT2D eigenvalue weighted by molar-refractivity contribution is 5.77. The lowest BCUT2D eigenvalue weighted by atomic mass is 9.89. The van der Waals surface area contributed by atoms with Crippen LogP contribution in [0.1, 0.15) is 50.7 Å². The first kappa shape index (κ1) is 20.0. The van der Waals surface area contributed by atoms with Gasteiger partial charge in [0.15, 0.2) is 0 Å². The van der Waals surface area contributed by atoms with E-state index in [0.29, 0.717) is 12.0 Å². The number of aliphatic carboxylic acids is 1. The molecule has 0 bridgehead atoms. The van der Waals surface area contributed by atoms with Crippen molar-refractivity contribution in [1.82, 2.24) is 5.32 Å². The molecule has 0 saturated heterocycles. The van der Waals surface area contributed by atoms with E-state index in [0.717, 1.165) is 12.1 Å². The monoisotopic (exact) mass is 345 g/mol. The van der Waals surface area contributed by atoms with E-state index < -0.39 is 23.1 Å². The SMILES string of the molecule is CC(CC(=O)NCCC(C)(C)C(=O)O)c1ccc(C(F)(F)F)cc1. The van der Waals surface area contributed by atoms with Crippen LogP contribution >= 0.6 is 0 Å². The summed E-state index contributed by atoms with van der Waals surface area (Å²) in [5.41, 5.74) is -1.01. The van der Waals surface area contributed by atoms with E-state index in [9.17, 15) is 22.8 Å². The van der Waals surface area contributed by atoms with Crippen molar-refractivity contribution in [3.05, 3.63) is 35.4 Å². The van der Waals surface area contributed by atoms with Gasteiger partial charge in [-0.15, -0.1) is 0 Å². The smallest absolute Gasteiger partial charge is 0.416 e. The van der Waals surface area contributed by atoms with Crippen molar-refractivity contribution >= 4 is 11.9 Å². The fourth-order valence-corrected chi connectivity index (χ4v) is 2.09. The number of hydrogen-bond acceptors (Lipinski definition) is 2. The average molecular weight is 345 g/mol. The molecular weight excluding hydrogens is 323 g/mol. The van der Waals surface area contributed by atoms with Crippen LogP contribution in [0.25, 0.3) is 0 Å². The highest BCUT2D eigenvalue weighted by Gasteiger charge is 2.30. The van der Waals surface area contributed by atoms with Gasteiger partial charge in [-0.2, -0.15) is 13.2 Å². The largest absolute Gasteiger partial charge is 0.481 e. The van der Waals surface area contributed by atoms with Crippen molar-refractivity contribution in [3.8, 4) is 0 Å². The Balaban J connectivity index is 2.51. The normalized spacial score (nSPS) is 13.4. The van der Waals surface area contributed by atoms with Crippen molar-refractivity contribution in [3.63, 3.8) is 0 Å². The number of nitrogens with one attached hydrogen (secondary N) is 1. The molecule has 134 valence electrons. The molecule has 1 aromatic rings. The number of carbonyl (C=O) groups excluding carboxylic acids is 1. The predicted octanol–water partition coefficient (Wildman–Crippen LogP) is 3.82. The molecule has 1 rings (SSSR count). The number of rotatable bonds is 7. The Labute approximate surface area is 139 Å². The van der Waals surface area contributed by atoms with Crippen LogP contribution in [0.5, 0.6) is 0 Å². The molecule has 1 aromatic carbocycles. The molecule has 0 aliphatic heterocycles. The summed E-state index contributed by atoms with van der Waals surface area (Å²) >= 11 is 0. The summed E-state index contributed by atoms with van der Waals surface area (Å²) in [5.74, 6) is -1.43. The molecule has 1 amide bonds. The van der Waals surface area contributed by atoms with Gasteiger partial charge in [-0.05, 0) is 43.9 Å². The first-order chi connectivity index (χ1) is 10.9. The Bertz CT molecular complexity index is 580. The molecule has 0 radical (unpaired) electrons. The standard InChI is InChI=1S/C17H22F3NO3/c1-11(12-4-6-13(7-5-12)17(18,19)20)10-14(22)21-9-8-16(2,3)15(23)24/h4-7,11H,8-10H2,1-3H3,(H,21,22)(H,23,24). The zero-order valence-corrected chi connectivity index (χ0v) is 13.9. The number of carboxylic acid groups (broad SMARTS) is 1. The third-order valence-electron chi connectivity index (χ3n) is 3.95. The van der Waals surface area contributed by atoms with Crippen molar-refractivity contribution in [2.75, 3.05) is 6.54 Å². The van der Waals surface area contributed by atoms with Gasteiger partial charge in [0.05, 0.1) is 11.0 Å². The number of carbonyl (C=O) groups is 2. The lowest BCUT2D eigenvalue weighted by molar-refractivity contribution is -0.147. The van der Waals surface area contributed by atoms with Gasteiger partial charge < -0.3 is 10.4 Å². The Morgan fingerprint density at radius 1 is 1.17 bits per heavy atom. The van der Waals surface area contributed by atoms with Crippen LogP contribution in [0.3, 0.4) is 0 Å². The van der Waals surface area contributed by atoms with Gasteiger partial charge in [-0.3, -0.25) is 9.59 Å². The third kappa shape index (κ3) is 5.86. The summed E-state index contributed by atoms with van der Waals surface area (Å²) in [6.45, 7) is 5.14. The molecule has 24 heavy (non-hydrogen) atoms. The minimum Gasteiger partial charge on any atom is -0.481 e. The fourth-order valence-electron chi connectivity index (χ4n) is 2.09. The van der Waals surface area contributed by atoms with Gasteiger partial charge in [0.1, 0.15) is 0 Å². The molecule has 1 atom stereocenters. The number of carboxylic acids is 1. The van der Waals surface area contributed by atoms with Crippen LogP contribution in [0.2, 0.25) is 0 Å². The summed E-state index contributed by atoms with van der Waals surface area (Å²) in [6, 6.07) is 4.74. The van der Waals surface area contributed by atoms with Crippen LogP contribution in [0.4, 0.5) is 13.2 Å². The van der Waals surface area contributed by atoms with E-state index in [1.807, 2.05) is 0 Å². The van der Waals surface area contributed by atoms with E-state index in [-0.39, 0.29) is 24.8 Å². The number of alkyl halides is 3. The Kier molecular flexibility index (Phi) is 6.40. The molecule has 0 spiro atoms. The maximum absolute atomic E-state index is 12.5. The van der Waals surface area contributed by atoms with E-state index >= 15 is 0 Å². The van der Waals surface area contributed by atoms with E-state index in [2.05, 4.69) is 5.32 Å². The summed E-state index contributed by atoms with van der Waals surface area (Å²) in [6.07, 6.45) is -3.96. The first-order valence-electron chi connectivity index (χ1n) is 7.61. The summed E-state index contributed by atoms with van der Waals surface area (Å²) < 4.78 is 37.6. The third-order valence-corrected chi connectivity index (χ3v) is 3.95. The maximum Gasteiger partial charge on any atom is 0.416 e. The van der Waals surface area contributed by atoms with Crippen molar-refractivity contribution in [2.24, 2.45) is 5.41 Å². The molecule has 0 fully saturated rings. The number of amides is 1. The zero-order chi connectivity index (χ0) is 18.5. The maximum atomic E-state index is 12.5. The highest BCUT2D eigenvalue weighted by Crippen LogP contribution is 2.30. The van der Waals surface area contributed by atoms with Crippen molar-refractivity contribution in [2.45, 2.75) is 45.7 Å². The minimum atomic E-state index is -4.38. The highest BCUT2D eigenvalue weighted by atomic mass is 19.4. The molecule has 0 aromatic heterocycles. The molecule has 0 aliphatic carbocycles. The quantitative estimate of drug-likeness (QED) is 0.789. The van der Waals surface area contributed by atoms with Gasteiger partial charge in [-0.1, -0.05) is 19.1 Å². The second-order valence-corrected chi connectivity index (χ2v) is 6.51. The van der Waals surface area contributed by atoms with Gasteiger partial charge >= 0.3 is 12.1 Å². The molecule has 2 N–H and O–H groups in total. The fraction of sp³-hybridized carbons (Fsp3) is 0.529. The molecule has 4 nitrogen and oxygen atoms in total. The number of benzene rings is 1. The van der Waals surface area contributed by atoms with Crippen molar-refractivity contribution in [1.29, 1.82) is 0 Å². The summed E-state index contributed by atoms with van der Waals surface area (Å²) in [5, 5.41) is 11.6. The molecule has 0 heterocycles. The van der Waals surface area contributed by atoms with Crippen LogP contribution in [0, 0.1) is 5.41 Å². The van der Waals surface area contributed by atoms with Gasteiger partial charge in [0, 0.05) is 13.0 Å². The Morgan fingerprint density at radius 3 is 2.17 bits per heavy atom. The summed E-state index contributed by atoms with van der Waals surface area (Å²) in [7, 11) is 0. The first-order valence-corrected chi connectivity index (χ1v) is 7.61. The second-order valence-electron chi connectivity index (χ2n) is 6.51. The van der Waals surface area contributed by atoms with Crippen LogP contribution < -0.4 is 5.32 Å². The van der Waals surface area contributed by atoms with E-state index in [1.165, 1.54) is 12.1 Å². The number of hydrogen-bond donors (Lipinski definition) is 2. The topological polar surface area (TPSA) is 66.4 Å². The molecule has 0 saturated carbocycles.